The molecule has 0 aromatic heterocycles. The number of benzene rings is 4. The summed E-state index contributed by atoms with van der Waals surface area (Å²) in [5.74, 6) is 1.85. The summed E-state index contributed by atoms with van der Waals surface area (Å²) < 4.78 is 0. The zero-order valence-electron chi connectivity index (χ0n) is 30.4. The molecule has 2 unspecified atom stereocenters. The van der Waals surface area contributed by atoms with E-state index in [9.17, 15) is 0 Å². The Morgan fingerprint density at radius 1 is 0.583 bits per heavy atom. The second kappa shape index (κ2) is 21.8. The molecule has 6 aromatic carbocycles. The third kappa shape index (κ3) is 10.9. The molecule has 0 nitrogen and oxygen atoms in total. The van der Waals surface area contributed by atoms with Crippen LogP contribution >= 0.6 is 24.8 Å². The van der Waals surface area contributed by atoms with E-state index in [4.69, 9.17) is 0 Å². The topological polar surface area (TPSA) is 0 Å². The number of aryl methyl sites for hydroxylation is 1. The fourth-order valence-electron chi connectivity index (χ4n) is 5.94. The van der Waals surface area contributed by atoms with E-state index in [0.717, 1.165) is 0 Å². The van der Waals surface area contributed by atoms with Crippen LogP contribution in [0, 0.1) is 21.8 Å². The Kier molecular flexibility index (Phi) is 20.8. The normalized spacial score (nSPS) is 11.3. The van der Waals surface area contributed by atoms with E-state index in [2.05, 4.69) is 165 Å². The van der Waals surface area contributed by atoms with Gasteiger partial charge in [0.2, 0.25) is 0 Å². The first-order valence-electron chi connectivity index (χ1n) is 16.1. The molecule has 2 radical (unpaired) electrons. The molecule has 0 heterocycles. The van der Waals surface area contributed by atoms with Crippen LogP contribution in [0.1, 0.15) is 94.4 Å². The zero-order valence-corrected chi connectivity index (χ0v) is 35.4. The molecule has 0 N–H and O–H groups in total. The van der Waals surface area contributed by atoms with Gasteiger partial charge in [0.25, 0.3) is 0 Å². The van der Waals surface area contributed by atoms with E-state index in [0.29, 0.717) is 17.8 Å². The number of rotatable bonds is 7. The van der Waals surface area contributed by atoms with Crippen molar-refractivity contribution in [1.29, 1.82) is 0 Å². The van der Waals surface area contributed by atoms with Crippen LogP contribution in [-0.2, 0) is 23.3 Å². The predicted molar refractivity (Wildman–Crippen MR) is 219 cm³/mol. The summed E-state index contributed by atoms with van der Waals surface area (Å²) in [6, 6.07) is 40.6. The molecule has 256 valence electrons. The summed E-state index contributed by atoms with van der Waals surface area (Å²) >= 11 is 1.36. The van der Waals surface area contributed by atoms with Gasteiger partial charge in [-0.2, -0.15) is 12.1 Å². The fourth-order valence-corrected chi connectivity index (χ4v) is 5.94. The molecule has 48 heavy (non-hydrogen) atoms. The molecule has 0 spiro atoms. The van der Waals surface area contributed by atoms with Crippen molar-refractivity contribution in [2.75, 3.05) is 0 Å². The van der Waals surface area contributed by atoms with Crippen molar-refractivity contribution >= 4 is 53.2 Å². The van der Waals surface area contributed by atoms with Crippen molar-refractivity contribution in [1.82, 2.24) is 0 Å². The number of halogens is 2. The zero-order chi connectivity index (χ0) is 31.8. The van der Waals surface area contributed by atoms with Crippen LogP contribution < -0.4 is 0 Å². The molecule has 0 amide bonds. The van der Waals surface area contributed by atoms with Crippen LogP contribution in [0.15, 0.2) is 109 Å². The molecule has 0 aliphatic heterocycles. The molecule has 0 saturated heterocycles. The minimum absolute atomic E-state index is 0. The van der Waals surface area contributed by atoms with Crippen molar-refractivity contribution in [2.45, 2.75) is 79.1 Å². The summed E-state index contributed by atoms with van der Waals surface area (Å²) in [7, 11) is 0. The van der Waals surface area contributed by atoms with Gasteiger partial charge in [0, 0.05) is 0 Å². The predicted octanol–water partition coefficient (Wildman–Crippen LogP) is 14.3. The van der Waals surface area contributed by atoms with E-state index in [-0.39, 0.29) is 39.7 Å². The van der Waals surface area contributed by atoms with Crippen LogP contribution in [-0.4, -0.2) is 6.88 Å². The average Bonchev–Trinajstić information content (AvgIpc) is 3.68. The van der Waals surface area contributed by atoms with Crippen LogP contribution in [0.4, 0.5) is 0 Å². The van der Waals surface area contributed by atoms with E-state index in [1.807, 2.05) is 0 Å². The van der Waals surface area contributed by atoms with Gasteiger partial charge in [-0.1, -0.05) is 127 Å². The van der Waals surface area contributed by atoms with Gasteiger partial charge in [-0.05, 0) is 46.4 Å². The first-order chi connectivity index (χ1) is 21.3. The van der Waals surface area contributed by atoms with Crippen LogP contribution in [0.25, 0.3) is 43.8 Å². The standard InChI is InChI=1S/C22H25.C20H21.2CH3.2ClH.Si.Zr/c1-5-16(4)20-13-19-7-6-8-21(22(19)14-20)18-11-9-17(10-12-18)15(2)3;1-4-15(3)16-8-10-17(11-9-16)19-7-5-6-18-12-14(2)13-20(18)19;;;;;;/h6-16H,5H2,1-4H3;5-13,15H,4H2,1-3H3;2*1H3;2*1H;;/q4*-1;;;;. The Balaban J connectivity index is 0.000000813. The molecule has 0 aliphatic rings. The van der Waals surface area contributed by atoms with E-state index >= 15 is 0 Å². The summed E-state index contributed by atoms with van der Waals surface area (Å²) in [6.45, 7) is 18.8. The quantitative estimate of drug-likeness (QED) is 0.112. The number of hydrogen-bond donors (Lipinski definition) is 0. The maximum atomic E-state index is 3.06. The van der Waals surface area contributed by atoms with Gasteiger partial charge in [-0.3, -0.25) is 0 Å². The molecular formula is C44H54Cl2SiZr-4. The van der Waals surface area contributed by atoms with Gasteiger partial charge in [-0.15, -0.1) is 93.9 Å². The SMILES string of the molecule is CCC(C)c1cc2c(-c3ccc(C(C)C)cc3)cccc2[cH-]1.CCC(C)c1ccc(-c2cccc3[cH-]c(C)cc23)cc1.Cl.Cl.[CH3-].[CH3-].[Si]=[Zr]. The molecule has 0 saturated carbocycles. The monoisotopic (exact) mass is 770 g/mol. The first-order valence-corrected chi connectivity index (χ1v) is 20.3. The fraction of sp³-hybridized carbons (Fsp3) is 0.273. The summed E-state index contributed by atoms with van der Waals surface area (Å²) in [6.07, 6.45) is 2.38. The van der Waals surface area contributed by atoms with Gasteiger partial charge < -0.3 is 14.9 Å². The Bertz CT molecular complexity index is 1780. The van der Waals surface area contributed by atoms with Gasteiger partial charge in [0.15, 0.2) is 0 Å². The summed E-state index contributed by atoms with van der Waals surface area (Å²) in [4.78, 5) is 0. The van der Waals surface area contributed by atoms with Crippen molar-refractivity contribution in [3.63, 3.8) is 0 Å². The van der Waals surface area contributed by atoms with Crippen LogP contribution in [0.3, 0.4) is 0 Å². The molecule has 6 aromatic rings. The second-order valence-corrected chi connectivity index (χ2v) is 12.5. The average molecular weight is 773 g/mol. The molecule has 0 bridgehead atoms. The maximum absolute atomic E-state index is 3.06. The van der Waals surface area contributed by atoms with E-state index < -0.39 is 0 Å². The molecule has 4 heteroatoms. The molecular weight excluding hydrogens is 719 g/mol. The van der Waals surface area contributed by atoms with E-state index in [1.165, 1.54) is 102 Å². The van der Waals surface area contributed by atoms with Gasteiger partial charge in [0.05, 0.1) is 0 Å². The third-order valence-electron chi connectivity index (χ3n) is 9.14. The first kappa shape index (κ1) is 45.8. The summed E-state index contributed by atoms with van der Waals surface area (Å²) in [5.41, 5.74) is 11.0. The molecule has 6 rings (SSSR count). The summed E-state index contributed by atoms with van der Waals surface area (Å²) in [5, 5.41) is 5.45. The Labute approximate surface area is 321 Å². The van der Waals surface area contributed by atoms with Gasteiger partial charge in [-0.25, -0.2) is 0 Å². The van der Waals surface area contributed by atoms with Crippen molar-refractivity contribution in [3.05, 3.63) is 146 Å². The number of hydrogen-bond acceptors (Lipinski definition) is 0. The molecule has 2 atom stereocenters. The Hall–Kier alpha value is -2.22. The third-order valence-corrected chi connectivity index (χ3v) is 9.14. The van der Waals surface area contributed by atoms with Crippen LogP contribution in [0.5, 0.6) is 0 Å². The van der Waals surface area contributed by atoms with Gasteiger partial charge in [0.1, 0.15) is 0 Å². The van der Waals surface area contributed by atoms with Crippen molar-refractivity contribution in [3.8, 4) is 22.3 Å². The number of fused-ring (bicyclic) bond motifs is 2. The molecule has 0 aliphatic carbocycles. The molecule has 0 fully saturated rings. The van der Waals surface area contributed by atoms with Crippen LogP contribution in [0.2, 0.25) is 0 Å². The van der Waals surface area contributed by atoms with Crippen molar-refractivity contribution in [2.24, 2.45) is 0 Å². The Morgan fingerprint density at radius 3 is 1.48 bits per heavy atom. The minimum atomic E-state index is 0. The van der Waals surface area contributed by atoms with Crippen molar-refractivity contribution < 1.29 is 23.3 Å². The second-order valence-electron chi connectivity index (χ2n) is 12.5. The van der Waals surface area contributed by atoms with E-state index in [1.54, 1.807) is 0 Å². The van der Waals surface area contributed by atoms with Gasteiger partial charge >= 0.3 is 30.2 Å². The Morgan fingerprint density at radius 2 is 1.02 bits per heavy atom.